The fourth-order valence-corrected chi connectivity index (χ4v) is 3.98. The third kappa shape index (κ3) is 3.37. The molecule has 3 atom stereocenters. The Balaban J connectivity index is 1.43. The second-order valence-electron chi connectivity index (χ2n) is 5.87. The minimum absolute atomic E-state index is 0.158. The number of fused-ring (bicyclic) bond motifs is 1. The molecule has 0 radical (unpaired) electrons. The van der Waals surface area contributed by atoms with Gasteiger partial charge in [0, 0.05) is 5.75 Å². The van der Waals surface area contributed by atoms with Crippen molar-refractivity contribution >= 4 is 28.8 Å². The Hall–Kier alpha value is -2.61. The van der Waals surface area contributed by atoms with Gasteiger partial charge in [-0.1, -0.05) is 35.2 Å². The lowest BCUT2D eigenvalue weighted by Crippen LogP contribution is -2.37. The number of thioether (sulfide) groups is 1. The van der Waals surface area contributed by atoms with Crippen LogP contribution in [0.3, 0.4) is 0 Å². The van der Waals surface area contributed by atoms with E-state index in [1.54, 1.807) is 30.3 Å². The van der Waals surface area contributed by atoms with E-state index in [2.05, 4.69) is 10.3 Å². The Bertz CT molecular complexity index is 905. The van der Waals surface area contributed by atoms with Crippen molar-refractivity contribution in [3.8, 4) is 0 Å². The summed E-state index contributed by atoms with van der Waals surface area (Å²) < 4.78 is 19.7. The van der Waals surface area contributed by atoms with Gasteiger partial charge in [-0.05, 0) is 29.5 Å². The molecule has 1 aliphatic rings. The van der Waals surface area contributed by atoms with Crippen molar-refractivity contribution in [3.63, 3.8) is 0 Å². The highest BCUT2D eigenvalue weighted by Crippen LogP contribution is 2.32. The molecule has 0 spiro atoms. The van der Waals surface area contributed by atoms with Crippen LogP contribution in [0.25, 0.3) is 11.0 Å². The van der Waals surface area contributed by atoms with Gasteiger partial charge in [-0.3, -0.25) is 0 Å². The summed E-state index contributed by atoms with van der Waals surface area (Å²) in [5.41, 5.74) is 1.84. The summed E-state index contributed by atoms with van der Waals surface area (Å²) in [7, 11) is 0. The summed E-state index contributed by atoms with van der Waals surface area (Å²) in [6.07, 6.45) is -2.09. The molecule has 1 aliphatic heterocycles. The van der Waals surface area contributed by atoms with E-state index in [9.17, 15) is 9.18 Å². The highest BCUT2D eigenvalue weighted by molar-refractivity contribution is 8.00. The number of hydrogen-bond donors (Lipinski definition) is 0. The maximum atomic E-state index is 14.2. The number of aromatic nitrogens is 3. The SMILES string of the molecule is O=C(O[C@H]1C(F)CSC1COn1nnc2ccccc21)c1ccccc1. The van der Waals surface area contributed by atoms with E-state index >= 15 is 0 Å². The molecule has 2 aromatic carbocycles. The Morgan fingerprint density at radius 1 is 1.19 bits per heavy atom. The smallest absolute Gasteiger partial charge is 0.338 e. The number of esters is 1. The molecule has 1 aromatic heterocycles. The zero-order chi connectivity index (χ0) is 17.9. The minimum Gasteiger partial charge on any atom is -0.454 e. The van der Waals surface area contributed by atoms with Crippen molar-refractivity contribution in [1.82, 2.24) is 15.2 Å². The number of nitrogens with zero attached hydrogens (tertiary/aromatic N) is 3. The number of carbonyl (C=O) groups excluding carboxylic acids is 1. The van der Waals surface area contributed by atoms with Gasteiger partial charge < -0.3 is 9.57 Å². The molecule has 3 aromatic rings. The van der Waals surface area contributed by atoms with Gasteiger partial charge in [-0.25, -0.2) is 9.18 Å². The van der Waals surface area contributed by atoms with Crippen LogP contribution in [0.5, 0.6) is 0 Å². The van der Waals surface area contributed by atoms with Gasteiger partial charge in [0.1, 0.15) is 29.9 Å². The maximum absolute atomic E-state index is 14.2. The van der Waals surface area contributed by atoms with Crippen molar-refractivity contribution in [1.29, 1.82) is 0 Å². The predicted molar refractivity (Wildman–Crippen MR) is 95.8 cm³/mol. The Kier molecular flexibility index (Phi) is 4.75. The lowest BCUT2D eigenvalue weighted by molar-refractivity contribution is -0.000308. The molecule has 1 saturated heterocycles. The first kappa shape index (κ1) is 16.8. The lowest BCUT2D eigenvalue weighted by Gasteiger charge is -2.20. The molecular weight excluding hydrogens is 357 g/mol. The molecular formula is C18H16FN3O3S. The van der Waals surface area contributed by atoms with Gasteiger partial charge in [-0.2, -0.15) is 0 Å². The Labute approximate surface area is 153 Å². The summed E-state index contributed by atoms with van der Waals surface area (Å²) in [5.74, 6) is -0.268. The summed E-state index contributed by atoms with van der Waals surface area (Å²) in [6.45, 7) is 0.158. The van der Waals surface area contributed by atoms with E-state index in [1.807, 2.05) is 24.3 Å². The summed E-state index contributed by atoms with van der Waals surface area (Å²) >= 11 is 1.38. The second kappa shape index (κ2) is 7.33. The number of ether oxygens (including phenoxy) is 1. The zero-order valence-corrected chi connectivity index (χ0v) is 14.5. The first-order valence-electron chi connectivity index (χ1n) is 8.18. The van der Waals surface area contributed by atoms with Gasteiger partial charge >= 0.3 is 5.97 Å². The molecule has 2 heterocycles. The monoisotopic (exact) mass is 373 g/mol. The Morgan fingerprint density at radius 3 is 2.81 bits per heavy atom. The first-order valence-corrected chi connectivity index (χ1v) is 9.22. The summed E-state index contributed by atoms with van der Waals surface area (Å²) in [4.78, 5) is 19.2. The fourth-order valence-electron chi connectivity index (χ4n) is 2.78. The molecule has 0 bridgehead atoms. The van der Waals surface area contributed by atoms with E-state index < -0.39 is 18.2 Å². The molecule has 0 saturated carbocycles. The van der Waals surface area contributed by atoms with E-state index in [1.165, 1.54) is 16.6 Å². The molecule has 2 unspecified atom stereocenters. The second-order valence-corrected chi connectivity index (χ2v) is 7.14. The van der Waals surface area contributed by atoms with Crippen molar-refractivity contribution in [3.05, 3.63) is 60.2 Å². The van der Waals surface area contributed by atoms with Crippen LogP contribution in [-0.2, 0) is 4.74 Å². The molecule has 0 N–H and O–H groups in total. The molecule has 0 amide bonds. The highest BCUT2D eigenvalue weighted by Gasteiger charge is 2.41. The third-order valence-corrected chi connectivity index (χ3v) is 5.47. The number of benzene rings is 2. The predicted octanol–water partition coefficient (Wildman–Crippen LogP) is 2.54. The number of hydrogen-bond acceptors (Lipinski definition) is 6. The van der Waals surface area contributed by atoms with E-state index in [4.69, 9.17) is 9.57 Å². The van der Waals surface area contributed by atoms with Crippen molar-refractivity contribution in [2.24, 2.45) is 0 Å². The fraction of sp³-hybridized carbons (Fsp3) is 0.278. The maximum Gasteiger partial charge on any atom is 0.338 e. The Morgan fingerprint density at radius 2 is 1.96 bits per heavy atom. The van der Waals surface area contributed by atoms with E-state index in [0.717, 1.165) is 5.52 Å². The van der Waals surface area contributed by atoms with E-state index in [-0.39, 0.29) is 17.6 Å². The summed E-state index contributed by atoms with van der Waals surface area (Å²) in [6, 6.07) is 16.0. The van der Waals surface area contributed by atoms with Crippen molar-refractivity contribution in [2.75, 3.05) is 12.4 Å². The van der Waals surface area contributed by atoms with E-state index in [0.29, 0.717) is 11.1 Å². The van der Waals surface area contributed by atoms with Gasteiger partial charge in [0.15, 0.2) is 0 Å². The van der Waals surface area contributed by atoms with Crippen LogP contribution in [0.15, 0.2) is 54.6 Å². The molecule has 4 rings (SSSR count). The average molecular weight is 373 g/mol. The zero-order valence-electron chi connectivity index (χ0n) is 13.7. The van der Waals surface area contributed by atoms with Gasteiger partial charge in [0.2, 0.25) is 0 Å². The highest BCUT2D eigenvalue weighted by atomic mass is 32.2. The normalized spacial score (nSPS) is 22.4. The molecule has 134 valence electrons. The van der Waals surface area contributed by atoms with Crippen LogP contribution >= 0.6 is 11.8 Å². The van der Waals surface area contributed by atoms with Gasteiger partial charge in [0.25, 0.3) is 0 Å². The summed E-state index contributed by atoms with van der Waals surface area (Å²) in [5, 5.41) is 7.63. The average Bonchev–Trinajstić information content (AvgIpc) is 3.25. The van der Waals surface area contributed by atoms with Crippen LogP contribution in [0, 0.1) is 0 Å². The first-order chi connectivity index (χ1) is 12.7. The molecule has 1 fully saturated rings. The van der Waals surface area contributed by atoms with Gasteiger partial charge in [-0.15, -0.1) is 16.9 Å². The van der Waals surface area contributed by atoms with Crippen LogP contribution in [-0.4, -0.2) is 51.0 Å². The molecule has 6 nitrogen and oxygen atoms in total. The standard InChI is InChI=1S/C18H16FN3O3S/c19-13-11-26-16(17(13)25-18(23)12-6-2-1-3-7-12)10-24-22-15-9-5-4-8-14(15)20-21-22/h1-9,13,16-17H,10-11H2/t13?,16?,17-/m0/s1. The van der Waals surface area contributed by atoms with Crippen LogP contribution in [0.4, 0.5) is 4.39 Å². The molecule has 8 heteroatoms. The number of para-hydroxylation sites is 1. The number of halogens is 1. The molecule has 0 aliphatic carbocycles. The van der Waals surface area contributed by atoms with Gasteiger partial charge in [0.05, 0.1) is 10.8 Å². The van der Waals surface area contributed by atoms with Crippen molar-refractivity contribution in [2.45, 2.75) is 17.5 Å². The number of rotatable bonds is 5. The third-order valence-electron chi connectivity index (χ3n) is 4.13. The van der Waals surface area contributed by atoms with Crippen LogP contribution in [0.2, 0.25) is 0 Å². The quantitative estimate of drug-likeness (QED) is 0.641. The minimum atomic E-state index is -1.23. The largest absolute Gasteiger partial charge is 0.454 e. The van der Waals surface area contributed by atoms with Crippen molar-refractivity contribution < 1.29 is 18.8 Å². The number of alkyl halides is 1. The number of carbonyl (C=O) groups is 1. The lowest BCUT2D eigenvalue weighted by atomic mass is 10.1. The van der Waals surface area contributed by atoms with Crippen LogP contribution in [0.1, 0.15) is 10.4 Å². The molecule has 26 heavy (non-hydrogen) atoms. The van der Waals surface area contributed by atoms with Crippen LogP contribution < -0.4 is 4.84 Å². The topological polar surface area (TPSA) is 66.2 Å².